The van der Waals surface area contributed by atoms with Gasteiger partial charge in [0.15, 0.2) is 0 Å². The van der Waals surface area contributed by atoms with Crippen LogP contribution in [0.1, 0.15) is 16.1 Å². The molecule has 3 aromatic rings. The highest BCUT2D eigenvalue weighted by molar-refractivity contribution is 5.97. The molecule has 7 nitrogen and oxygen atoms in total. The molecular weight excluding hydrogens is 387 g/mol. The Balaban J connectivity index is 1.51. The molecule has 0 N–H and O–H groups in total. The van der Waals surface area contributed by atoms with Crippen molar-refractivity contribution in [1.82, 2.24) is 9.88 Å². The second-order valence-electron chi connectivity index (χ2n) is 6.74. The minimum absolute atomic E-state index is 0.0622. The number of methoxy groups -OCH3 is 1. The summed E-state index contributed by atoms with van der Waals surface area (Å²) >= 11 is 0. The lowest BCUT2D eigenvalue weighted by Crippen LogP contribution is -2.49. The van der Waals surface area contributed by atoms with Gasteiger partial charge >= 0.3 is 0 Å². The minimum atomic E-state index is -0.470. The van der Waals surface area contributed by atoms with Crippen LogP contribution in [0, 0.1) is 17.1 Å². The Morgan fingerprint density at radius 1 is 1.13 bits per heavy atom. The van der Waals surface area contributed by atoms with E-state index in [0.29, 0.717) is 43.4 Å². The summed E-state index contributed by atoms with van der Waals surface area (Å²) in [5.41, 5.74) is 0.802. The minimum Gasteiger partial charge on any atom is -0.496 e. The number of aromatic nitrogens is 1. The number of nitriles is 1. The summed E-state index contributed by atoms with van der Waals surface area (Å²) in [6, 6.07) is 15.2. The standard InChI is InChI=1S/C22H19FN4O3/c1-29-19-9-5-3-7-16(19)21(28)26-10-12-27(13-11-26)22-18(14-24)25-20(30-22)15-6-2-4-8-17(15)23/h2-9H,10-13H2,1H3. The zero-order valence-electron chi connectivity index (χ0n) is 16.3. The number of piperazine rings is 1. The van der Waals surface area contributed by atoms with Crippen LogP contribution in [-0.2, 0) is 0 Å². The van der Waals surface area contributed by atoms with Crippen molar-refractivity contribution in [3.8, 4) is 23.3 Å². The SMILES string of the molecule is COc1ccccc1C(=O)N1CCN(c2oc(-c3ccccc3F)nc2C#N)CC1. The van der Waals surface area contributed by atoms with Crippen molar-refractivity contribution < 1.29 is 18.3 Å². The van der Waals surface area contributed by atoms with Gasteiger partial charge in [-0.3, -0.25) is 4.79 Å². The first-order valence-electron chi connectivity index (χ1n) is 9.45. The van der Waals surface area contributed by atoms with Gasteiger partial charge in [0.05, 0.1) is 18.2 Å². The molecule has 0 aliphatic carbocycles. The van der Waals surface area contributed by atoms with Crippen LogP contribution in [0.3, 0.4) is 0 Å². The van der Waals surface area contributed by atoms with Crippen molar-refractivity contribution in [3.05, 3.63) is 65.6 Å². The lowest BCUT2D eigenvalue weighted by atomic mass is 10.1. The number of para-hydroxylation sites is 1. The molecule has 8 heteroatoms. The molecule has 0 atom stereocenters. The Morgan fingerprint density at radius 2 is 1.83 bits per heavy atom. The van der Waals surface area contributed by atoms with Crippen molar-refractivity contribution in [1.29, 1.82) is 5.26 Å². The number of rotatable bonds is 4. The smallest absolute Gasteiger partial charge is 0.257 e. The van der Waals surface area contributed by atoms with E-state index in [1.807, 2.05) is 17.0 Å². The number of hydrogen-bond donors (Lipinski definition) is 0. The molecule has 1 fully saturated rings. The first-order valence-corrected chi connectivity index (χ1v) is 9.45. The summed E-state index contributed by atoms with van der Waals surface area (Å²) < 4.78 is 25.1. The summed E-state index contributed by atoms with van der Waals surface area (Å²) in [6.45, 7) is 1.80. The second kappa shape index (κ2) is 8.25. The average molecular weight is 406 g/mol. The molecule has 0 saturated carbocycles. The largest absolute Gasteiger partial charge is 0.496 e. The van der Waals surface area contributed by atoms with Gasteiger partial charge in [0.2, 0.25) is 17.5 Å². The molecular formula is C22H19FN4O3. The molecule has 1 aliphatic heterocycles. The van der Waals surface area contributed by atoms with E-state index in [-0.39, 0.29) is 23.1 Å². The third-order valence-electron chi connectivity index (χ3n) is 5.01. The number of nitrogens with zero attached hydrogens (tertiary/aromatic N) is 4. The maximum Gasteiger partial charge on any atom is 0.257 e. The van der Waals surface area contributed by atoms with Crippen molar-refractivity contribution in [2.24, 2.45) is 0 Å². The van der Waals surface area contributed by atoms with Crippen LogP contribution >= 0.6 is 0 Å². The van der Waals surface area contributed by atoms with E-state index in [9.17, 15) is 14.4 Å². The second-order valence-corrected chi connectivity index (χ2v) is 6.74. The predicted octanol–water partition coefficient (Wildman–Crippen LogP) is 3.32. The lowest BCUT2D eigenvalue weighted by Gasteiger charge is -2.34. The van der Waals surface area contributed by atoms with Gasteiger partial charge in [-0.2, -0.15) is 10.2 Å². The van der Waals surface area contributed by atoms with Gasteiger partial charge in [-0.25, -0.2) is 4.39 Å². The fourth-order valence-electron chi connectivity index (χ4n) is 3.45. The zero-order chi connectivity index (χ0) is 21.1. The quantitative estimate of drug-likeness (QED) is 0.661. The van der Waals surface area contributed by atoms with Crippen LogP contribution in [-0.4, -0.2) is 49.1 Å². The van der Waals surface area contributed by atoms with E-state index < -0.39 is 5.82 Å². The van der Waals surface area contributed by atoms with Gasteiger partial charge < -0.3 is 19.0 Å². The molecule has 30 heavy (non-hydrogen) atoms. The van der Waals surface area contributed by atoms with E-state index in [1.54, 1.807) is 41.3 Å². The highest BCUT2D eigenvalue weighted by Crippen LogP contribution is 2.30. The fraction of sp³-hybridized carbons (Fsp3) is 0.227. The van der Waals surface area contributed by atoms with Gasteiger partial charge in [0, 0.05) is 26.2 Å². The van der Waals surface area contributed by atoms with E-state index in [0.717, 1.165) is 0 Å². The molecule has 1 saturated heterocycles. The zero-order valence-corrected chi connectivity index (χ0v) is 16.3. The van der Waals surface area contributed by atoms with Gasteiger partial charge in [-0.15, -0.1) is 0 Å². The summed E-state index contributed by atoms with van der Waals surface area (Å²) in [6.07, 6.45) is 0. The van der Waals surface area contributed by atoms with Crippen LogP contribution in [0.25, 0.3) is 11.5 Å². The van der Waals surface area contributed by atoms with Gasteiger partial charge in [0.1, 0.15) is 17.6 Å². The van der Waals surface area contributed by atoms with Crippen LogP contribution in [0.15, 0.2) is 52.9 Å². The van der Waals surface area contributed by atoms with Crippen LogP contribution in [0.4, 0.5) is 10.3 Å². The number of halogens is 1. The highest BCUT2D eigenvalue weighted by atomic mass is 19.1. The highest BCUT2D eigenvalue weighted by Gasteiger charge is 2.28. The molecule has 2 heterocycles. The van der Waals surface area contributed by atoms with E-state index in [2.05, 4.69) is 4.98 Å². The summed E-state index contributed by atoms with van der Waals surface area (Å²) in [4.78, 5) is 20.6. The molecule has 4 rings (SSSR count). The lowest BCUT2D eigenvalue weighted by molar-refractivity contribution is 0.0742. The number of anilines is 1. The Bertz CT molecular complexity index is 1110. The fourth-order valence-corrected chi connectivity index (χ4v) is 3.45. The predicted molar refractivity (Wildman–Crippen MR) is 108 cm³/mol. The Morgan fingerprint density at radius 3 is 2.53 bits per heavy atom. The molecule has 152 valence electrons. The molecule has 2 aromatic carbocycles. The molecule has 1 amide bonds. The van der Waals surface area contributed by atoms with Crippen molar-refractivity contribution >= 4 is 11.8 Å². The number of oxazole rings is 1. The maximum atomic E-state index is 14.1. The van der Waals surface area contributed by atoms with Crippen molar-refractivity contribution in [2.75, 3.05) is 38.2 Å². The summed E-state index contributed by atoms with van der Waals surface area (Å²) in [7, 11) is 1.53. The van der Waals surface area contributed by atoms with Gasteiger partial charge in [-0.1, -0.05) is 24.3 Å². The molecule has 0 radical (unpaired) electrons. The maximum absolute atomic E-state index is 14.1. The van der Waals surface area contributed by atoms with Gasteiger partial charge in [-0.05, 0) is 24.3 Å². The monoisotopic (exact) mass is 406 g/mol. The van der Waals surface area contributed by atoms with Crippen LogP contribution in [0.2, 0.25) is 0 Å². The number of amides is 1. The first kappa shape index (κ1) is 19.5. The van der Waals surface area contributed by atoms with E-state index in [1.165, 1.54) is 13.2 Å². The third-order valence-corrected chi connectivity index (χ3v) is 5.01. The number of carbonyl (C=O) groups is 1. The van der Waals surface area contributed by atoms with Crippen molar-refractivity contribution in [2.45, 2.75) is 0 Å². The first-order chi connectivity index (χ1) is 14.6. The Hall–Kier alpha value is -3.86. The molecule has 1 aliphatic rings. The Labute approximate surface area is 172 Å². The number of hydrogen-bond acceptors (Lipinski definition) is 6. The normalized spacial score (nSPS) is 13.8. The van der Waals surface area contributed by atoms with Crippen molar-refractivity contribution in [3.63, 3.8) is 0 Å². The number of benzene rings is 2. The topological polar surface area (TPSA) is 82.6 Å². The molecule has 1 aromatic heterocycles. The molecule has 0 bridgehead atoms. The summed E-state index contributed by atoms with van der Waals surface area (Å²) in [5, 5.41) is 9.45. The van der Waals surface area contributed by atoms with Crippen LogP contribution in [0.5, 0.6) is 5.75 Å². The third kappa shape index (κ3) is 3.57. The number of ether oxygens (including phenoxy) is 1. The molecule has 0 spiro atoms. The van der Waals surface area contributed by atoms with Gasteiger partial charge in [0.25, 0.3) is 5.91 Å². The van der Waals surface area contributed by atoms with Crippen LogP contribution < -0.4 is 9.64 Å². The number of carbonyl (C=O) groups excluding carboxylic acids is 1. The van der Waals surface area contributed by atoms with E-state index >= 15 is 0 Å². The molecule has 0 unspecified atom stereocenters. The van der Waals surface area contributed by atoms with E-state index in [4.69, 9.17) is 9.15 Å². The Kier molecular flexibility index (Phi) is 5.35. The average Bonchev–Trinajstić information content (AvgIpc) is 3.23. The summed E-state index contributed by atoms with van der Waals surface area (Å²) in [5.74, 6) is 0.299.